The summed E-state index contributed by atoms with van der Waals surface area (Å²) >= 11 is 9.53. The number of halogens is 10. The number of hydrogen-bond donors (Lipinski definition) is 3. The summed E-state index contributed by atoms with van der Waals surface area (Å²) in [7, 11) is 0. The lowest BCUT2D eigenvalue weighted by Gasteiger charge is -2.36. The Morgan fingerprint density at radius 3 is 1.50 bits per heavy atom. The van der Waals surface area contributed by atoms with Crippen LogP contribution in [0.2, 0.25) is 0 Å². The van der Waals surface area contributed by atoms with E-state index in [9.17, 15) is 49.5 Å². The number of carbonyl (C=O) groups is 3. The van der Waals surface area contributed by atoms with Gasteiger partial charge in [-0.25, -0.2) is 13.6 Å². The second-order valence-corrected chi connectivity index (χ2v) is 14.4. The van der Waals surface area contributed by atoms with Crippen molar-refractivity contribution in [1.82, 2.24) is 20.9 Å². The molecule has 2 saturated heterocycles. The Morgan fingerprint density at radius 2 is 1.15 bits per heavy atom. The third kappa shape index (κ3) is 9.98. The van der Waals surface area contributed by atoms with E-state index in [4.69, 9.17) is 27.9 Å². The van der Waals surface area contributed by atoms with Crippen molar-refractivity contribution in [2.75, 3.05) is 31.5 Å². The molecule has 0 bridgehead atoms. The van der Waals surface area contributed by atoms with Gasteiger partial charge in [0.1, 0.15) is 40.0 Å². The summed E-state index contributed by atoms with van der Waals surface area (Å²) in [5.74, 6) is -3.08. The zero-order valence-corrected chi connectivity index (χ0v) is 30.6. The summed E-state index contributed by atoms with van der Waals surface area (Å²) in [6, 6.07) is 4.25. The second kappa shape index (κ2) is 16.4. The normalized spacial score (nSPS) is 19.2. The highest BCUT2D eigenvalue weighted by molar-refractivity contribution is 6.40. The van der Waals surface area contributed by atoms with Crippen molar-refractivity contribution in [3.63, 3.8) is 0 Å². The van der Waals surface area contributed by atoms with Crippen LogP contribution in [0.5, 0.6) is 0 Å². The molecule has 0 saturated carbocycles. The summed E-state index contributed by atoms with van der Waals surface area (Å²) in [6.45, 7) is 6.89. The predicted molar refractivity (Wildman–Crippen MR) is 183 cm³/mol. The number of amidine groups is 2. The molecule has 2 aromatic carbocycles. The van der Waals surface area contributed by atoms with Gasteiger partial charge in [0.05, 0.1) is 27.6 Å². The highest BCUT2D eigenvalue weighted by atomic mass is 35.5. The average molecular weight is 816 g/mol. The van der Waals surface area contributed by atoms with Crippen LogP contribution in [-0.4, -0.2) is 82.7 Å². The third-order valence-electron chi connectivity index (χ3n) is 8.74. The first-order valence-electron chi connectivity index (χ1n) is 16.4. The number of amides is 3. The molecule has 0 unspecified atom stereocenters. The van der Waals surface area contributed by atoms with Gasteiger partial charge in [-0.2, -0.15) is 26.3 Å². The molecule has 296 valence electrons. The highest BCUT2D eigenvalue weighted by Crippen LogP contribution is 2.35. The van der Waals surface area contributed by atoms with Crippen LogP contribution in [0.4, 0.5) is 39.9 Å². The number of carbonyl (C=O) groups excluding carboxylic acids is 3. The summed E-state index contributed by atoms with van der Waals surface area (Å²) in [5, 5.41) is 8.25. The average Bonchev–Trinajstić information content (AvgIpc) is 3.55. The quantitative estimate of drug-likeness (QED) is 0.229. The van der Waals surface area contributed by atoms with E-state index >= 15 is 0 Å². The Labute approximate surface area is 314 Å². The van der Waals surface area contributed by atoms with E-state index in [1.807, 2.05) is 0 Å². The summed E-state index contributed by atoms with van der Waals surface area (Å²) < 4.78 is 109. The highest BCUT2D eigenvalue weighted by Gasteiger charge is 2.48. The van der Waals surface area contributed by atoms with Gasteiger partial charge in [-0.05, 0) is 95.9 Å². The number of piperidine rings is 2. The molecule has 4 aliphatic heterocycles. The molecule has 3 N–H and O–H groups in total. The first-order valence-corrected chi connectivity index (χ1v) is 17.5. The monoisotopic (exact) mass is 814 g/mol. The van der Waals surface area contributed by atoms with E-state index in [0.29, 0.717) is 38.1 Å². The minimum Gasteiger partial charge on any atom is -0.444 e. The third-order valence-corrected chi connectivity index (χ3v) is 8.74. The number of ether oxygens (including phenoxy) is 1. The van der Waals surface area contributed by atoms with Crippen LogP contribution in [-0.2, 0) is 26.7 Å². The molecule has 10 nitrogen and oxygen atoms in total. The van der Waals surface area contributed by atoms with Gasteiger partial charge in [-0.1, -0.05) is 0 Å². The van der Waals surface area contributed by atoms with Crippen molar-refractivity contribution in [2.24, 2.45) is 9.98 Å². The van der Waals surface area contributed by atoms with Crippen LogP contribution < -0.4 is 16.0 Å². The van der Waals surface area contributed by atoms with Crippen LogP contribution in [0.3, 0.4) is 0 Å². The molecule has 2 aromatic rings. The number of hydrogen-bond acceptors (Lipinski definition) is 7. The Hall–Kier alpha value is -4.03. The molecule has 2 fully saturated rings. The molecule has 2 spiro atoms. The first-order chi connectivity index (χ1) is 25.0. The number of nitrogens with one attached hydrogen (secondary N) is 3. The van der Waals surface area contributed by atoms with Crippen LogP contribution in [0.25, 0.3) is 0 Å². The number of alkyl halides is 8. The predicted octanol–water partition coefficient (Wildman–Crippen LogP) is 6.76. The minimum absolute atomic E-state index is 0.00174. The minimum atomic E-state index is -4.67. The van der Waals surface area contributed by atoms with Gasteiger partial charge in [-0.3, -0.25) is 19.6 Å². The molecule has 4 heterocycles. The van der Waals surface area contributed by atoms with Gasteiger partial charge in [0, 0.05) is 13.1 Å². The van der Waals surface area contributed by atoms with Crippen molar-refractivity contribution < 1.29 is 54.2 Å². The zero-order valence-electron chi connectivity index (χ0n) is 29.1. The fraction of sp³-hybridized carbons (Fsp3) is 0.500. The van der Waals surface area contributed by atoms with E-state index in [-0.39, 0.29) is 60.0 Å². The van der Waals surface area contributed by atoms with Crippen molar-refractivity contribution in [3.05, 3.63) is 70.3 Å². The number of aliphatic imine (C=N–C) groups is 2. The van der Waals surface area contributed by atoms with E-state index in [0.717, 1.165) is 24.3 Å². The van der Waals surface area contributed by atoms with E-state index in [1.54, 1.807) is 20.8 Å². The molecule has 0 radical (unpaired) electrons. The Morgan fingerprint density at radius 1 is 0.759 bits per heavy atom. The number of likely N-dealkylation sites (tertiary alicyclic amines) is 1. The molecule has 6 rings (SSSR count). The van der Waals surface area contributed by atoms with Crippen LogP contribution in [0, 0.1) is 11.6 Å². The van der Waals surface area contributed by atoms with Crippen LogP contribution in [0.15, 0.2) is 46.4 Å². The molecule has 3 amide bonds. The maximum Gasteiger partial charge on any atom is 0.416 e. The molecule has 0 aliphatic carbocycles. The molecule has 0 aromatic heterocycles. The Kier molecular flexibility index (Phi) is 12.9. The van der Waals surface area contributed by atoms with Gasteiger partial charge in [0.2, 0.25) is 0 Å². The maximum absolute atomic E-state index is 14.2. The van der Waals surface area contributed by atoms with Crippen molar-refractivity contribution in [1.29, 1.82) is 0 Å². The first kappa shape index (κ1) is 42.7. The lowest BCUT2D eigenvalue weighted by molar-refractivity contribution is -0.138. The van der Waals surface area contributed by atoms with E-state index in [2.05, 4.69) is 25.9 Å². The molecule has 0 atom stereocenters. The summed E-state index contributed by atoms with van der Waals surface area (Å²) in [5.41, 5.74) is -5.30. The molecule has 54 heavy (non-hydrogen) atoms. The summed E-state index contributed by atoms with van der Waals surface area (Å²) in [6.07, 6.45) is -8.43. The van der Waals surface area contributed by atoms with Crippen molar-refractivity contribution >= 4 is 52.8 Å². The molecule has 20 heteroatoms. The molecule has 4 aliphatic rings. The van der Waals surface area contributed by atoms with Gasteiger partial charge >= 0.3 is 18.4 Å². The van der Waals surface area contributed by atoms with Gasteiger partial charge in [0.15, 0.2) is 0 Å². The Bertz CT molecular complexity index is 1800. The van der Waals surface area contributed by atoms with E-state index in [1.165, 1.54) is 4.90 Å². The van der Waals surface area contributed by atoms with Crippen molar-refractivity contribution in [3.8, 4) is 0 Å². The second-order valence-electron chi connectivity index (χ2n) is 13.6. The van der Waals surface area contributed by atoms with Gasteiger partial charge in [-0.15, -0.1) is 23.2 Å². The van der Waals surface area contributed by atoms with Gasteiger partial charge in [0.25, 0.3) is 11.8 Å². The molecular weight excluding hydrogens is 779 g/mol. The molecular formula is C34H36Cl2F8N6O4. The maximum atomic E-state index is 14.2. The summed E-state index contributed by atoms with van der Waals surface area (Å²) in [4.78, 5) is 46.9. The zero-order chi connectivity index (χ0) is 40.3. The fourth-order valence-electron chi connectivity index (χ4n) is 5.96. The fourth-order valence-corrected chi connectivity index (χ4v) is 5.96. The number of nitrogens with zero attached hydrogens (tertiary/aromatic N) is 3. The van der Waals surface area contributed by atoms with Crippen LogP contribution in [0.1, 0.15) is 68.7 Å². The lowest BCUT2D eigenvalue weighted by Crippen LogP contribution is -2.51. The number of rotatable bonds is 2. The van der Waals surface area contributed by atoms with Crippen LogP contribution >= 0.6 is 23.2 Å². The standard InChI is InChI=1S/C19H21F4N3O3.C14H13F4N3O.CH2Cl2/c1-17(2,3)29-16(28)26-8-6-18(7-9-26)15(27)24-14(25-18)12-5-4-11(10-13(12)20)19(21,22)23;15-10-7-8(14(16,17)18)1-2-9(10)11-20-12(22)13(21-11)3-5-19-6-4-13;2-1-3/h4-5,10H,6-9H2,1-3H3,(H,24,25,27);1-2,7,19H,3-6H2,(H,20,21,22);1H2. The van der Waals surface area contributed by atoms with E-state index < -0.39 is 63.8 Å². The Balaban J connectivity index is 0.000000231. The smallest absolute Gasteiger partial charge is 0.416 e. The SMILES string of the molecule is CC(C)(C)OC(=O)N1CCC2(CC1)N=C(c1ccc(C(F)(F)F)cc1F)NC2=O.ClCCl.O=C1NC(c2ccc(C(F)(F)F)cc2F)=NC12CCNCC2. The number of benzene rings is 2. The van der Waals surface area contributed by atoms with Crippen molar-refractivity contribution in [2.45, 2.75) is 75.5 Å². The largest absolute Gasteiger partial charge is 0.444 e. The lowest BCUT2D eigenvalue weighted by atomic mass is 9.88. The van der Waals surface area contributed by atoms with Gasteiger partial charge < -0.3 is 25.6 Å². The topological polar surface area (TPSA) is 124 Å².